The van der Waals surface area contributed by atoms with E-state index in [-0.39, 0.29) is 29.6 Å². The number of halogens is 1. The summed E-state index contributed by atoms with van der Waals surface area (Å²) in [5.41, 5.74) is 0. The number of rotatable bonds is 0. The zero-order valence-electron chi connectivity index (χ0n) is 2.69. The zero-order chi connectivity index (χ0) is 3.58. The second-order valence-electron chi connectivity index (χ2n) is 0.238. The molecule has 0 saturated heterocycles. The third-order valence-electron chi connectivity index (χ3n) is 0. The van der Waals surface area contributed by atoms with Crippen LogP contribution in [0.25, 0.3) is 0 Å². The van der Waals surface area contributed by atoms with Gasteiger partial charge in [-0.15, -0.1) is 0 Å². The topological polar surface area (TPSA) is 40.1 Å². The summed E-state index contributed by atoms with van der Waals surface area (Å²) in [7, 11) is 4.36. The Labute approximate surface area is 64.1 Å². The van der Waals surface area contributed by atoms with E-state index in [2.05, 4.69) is 8.51 Å². The summed E-state index contributed by atoms with van der Waals surface area (Å²) in [5, 5.41) is 0. The van der Waals surface area contributed by atoms with Gasteiger partial charge in [0.1, 0.15) is 0 Å². The molecule has 0 aliphatic rings. The van der Waals surface area contributed by atoms with Gasteiger partial charge < -0.3 is 0 Å². The quantitative estimate of drug-likeness (QED) is 0.362. The van der Waals surface area contributed by atoms with Crippen molar-refractivity contribution < 1.29 is 56.6 Å². The Balaban J connectivity index is 0. The predicted octanol–water partition coefficient (Wildman–Crippen LogP) is -3.62. The fourth-order valence-electron chi connectivity index (χ4n) is 0. The first-order valence-corrected chi connectivity index (χ1v) is 5.77. The van der Waals surface area contributed by atoms with Gasteiger partial charge in [-0.3, -0.25) is 0 Å². The van der Waals surface area contributed by atoms with Gasteiger partial charge in [-0.2, -0.15) is 0 Å². The first-order chi connectivity index (χ1) is 1.73. The Hall–Kier alpha value is 1.93. The molecular weight excluding hydrogens is 182 g/mol. The van der Waals surface area contributed by atoms with Crippen molar-refractivity contribution >= 4 is 8.51 Å². The summed E-state index contributed by atoms with van der Waals surface area (Å²) in [6.45, 7) is 0. The fraction of sp³-hybridized carbons (Fsp3) is 0. The Morgan fingerprint density at radius 3 is 1.80 bits per heavy atom. The molecule has 0 bridgehead atoms. The van der Waals surface area contributed by atoms with Crippen molar-refractivity contribution in [1.82, 2.24) is 0 Å². The first-order valence-electron chi connectivity index (χ1n) is 0.597. The predicted molar refractivity (Wildman–Crippen MR) is 6.54 cm³/mol. The number of hydrogen-bond donors (Lipinski definition) is 0. The normalized spacial score (nSPS) is 5.20. The van der Waals surface area contributed by atoms with E-state index in [0.29, 0.717) is 0 Å². The summed E-state index contributed by atoms with van der Waals surface area (Å²) in [4.78, 5) is 0. The van der Waals surface area contributed by atoms with Crippen molar-refractivity contribution in [2.24, 2.45) is 0 Å². The van der Waals surface area contributed by atoms with Gasteiger partial charge in [0.25, 0.3) is 0 Å². The van der Waals surface area contributed by atoms with E-state index in [0.717, 1.165) is 0 Å². The van der Waals surface area contributed by atoms with Crippen LogP contribution >= 0.6 is 8.51 Å². The SMILES string of the molecule is [Na+].[O]=[Zr]([O-])[Cl]. The van der Waals surface area contributed by atoms with E-state index < -0.39 is 21.0 Å². The van der Waals surface area contributed by atoms with E-state index in [1.807, 2.05) is 0 Å². The van der Waals surface area contributed by atoms with Gasteiger partial charge >= 0.3 is 65.1 Å². The fourth-order valence-corrected chi connectivity index (χ4v) is 0. The van der Waals surface area contributed by atoms with E-state index >= 15 is 0 Å². The molecule has 0 aromatic carbocycles. The van der Waals surface area contributed by atoms with Gasteiger partial charge in [0.15, 0.2) is 0 Å². The molecule has 0 atom stereocenters. The average Bonchev–Trinajstić information content (AvgIpc) is 0.811. The molecule has 0 amide bonds. The molecule has 0 rings (SSSR count). The third kappa shape index (κ3) is 24.6. The molecule has 0 saturated carbocycles. The molecule has 0 unspecified atom stereocenters. The molecule has 5 heteroatoms. The maximum absolute atomic E-state index is 8.93. The van der Waals surface area contributed by atoms with Crippen molar-refractivity contribution in [2.75, 3.05) is 0 Å². The van der Waals surface area contributed by atoms with Gasteiger partial charge in [0, 0.05) is 0 Å². The van der Waals surface area contributed by atoms with Gasteiger partial charge in [-0.25, -0.2) is 0 Å². The van der Waals surface area contributed by atoms with E-state index in [1.165, 1.54) is 0 Å². The Bertz CT molecular complexity index is 32.6. The minimum absolute atomic E-state index is 0. The first kappa shape index (κ1) is 10.0. The third-order valence-corrected chi connectivity index (χ3v) is 0. The van der Waals surface area contributed by atoms with Gasteiger partial charge in [0.05, 0.1) is 0 Å². The molecule has 0 radical (unpaired) electrons. The molecule has 2 nitrogen and oxygen atoms in total. The van der Waals surface area contributed by atoms with Crippen molar-refractivity contribution in [3.05, 3.63) is 0 Å². The van der Waals surface area contributed by atoms with Crippen molar-refractivity contribution in [3.63, 3.8) is 0 Å². The van der Waals surface area contributed by atoms with Gasteiger partial charge in [-0.1, -0.05) is 0 Å². The van der Waals surface area contributed by atoms with Crippen LogP contribution in [-0.2, 0) is 23.8 Å². The molecule has 0 aromatic rings. The van der Waals surface area contributed by atoms with Crippen LogP contribution in [-0.4, -0.2) is 0 Å². The second kappa shape index (κ2) is 5.93. The van der Waals surface area contributed by atoms with Gasteiger partial charge in [0.2, 0.25) is 0 Å². The molecular formula is ClNaO2Zr. The second-order valence-corrected chi connectivity index (χ2v) is 3.23. The molecule has 0 N–H and O–H groups in total. The summed E-state index contributed by atoms with van der Waals surface area (Å²) in [6, 6.07) is 0. The maximum atomic E-state index is 8.93. The minimum atomic E-state index is -3.57. The van der Waals surface area contributed by atoms with Crippen molar-refractivity contribution in [3.8, 4) is 0 Å². The van der Waals surface area contributed by atoms with Gasteiger partial charge in [-0.05, 0) is 0 Å². The molecule has 24 valence electrons. The molecule has 0 aliphatic heterocycles. The summed E-state index contributed by atoms with van der Waals surface area (Å²) in [6.07, 6.45) is 0. The summed E-state index contributed by atoms with van der Waals surface area (Å²) in [5.74, 6) is 0. The average molecular weight is 182 g/mol. The summed E-state index contributed by atoms with van der Waals surface area (Å²) < 4.78 is 17.9. The van der Waals surface area contributed by atoms with E-state index in [1.54, 1.807) is 0 Å². The van der Waals surface area contributed by atoms with Crippen LogP contribution in [0, 0.1) is 0 Å². The Morgan fingerprint density at radius 2 is 1.80 bits per heavy atom. The van der Waals surface area contributed by atoms with Crippen molar-refractivity contribution in [2.45, 2.75) is 0 Å². The van der Waals surface area contributed by atoms with Crippen LogP contribution in [0.15, 0.2) is 0 Å². The molecule has 0 fully saturated rings. The number of hydrogen-bond acceptors (Lipinski definition) is 2. The Morgan fingerprint density at radius 1 is 1.80 bits per heavy atom. The molecule has 0 spiro atoms. The van der Waals surface area contributed by atoms with Crippen LogP contribution in [0.5, 0.6) is 0 Å². The van der Waals surface area contributed by atoms with Crippen LogP contribution in [0.2, 0.25) is 0 Å². The van der Waals surface area contributed by atoms with Crippen LogP contribution in [0.3, 0.4) is 0 Å². The molecule has 5 heavy (non-hydrogen) atoms. The van der Waals surface area contributed by atoms with Crippen LogP contribution in [0.1, 0.15) is 0 Å². The monoisotopic (exact) mass is 180 g/mol. The van der Waals surface area contributed by atoms with Crippen LogP contribution in [0.4, 0.5) is 0 Å². The zero-order valence-corrected chi connectivity index (χ0v) is 7.91. The van der Waals surface area contributed by atoms with E-state index in [4.69, 9.17) is 6.00 Å². The Kier molecular flexibility index (Phi) is 11.9. The van der Waals surface area contributed by atoms with Crippen molar-refractivity contribution in [1.29, 1.82) is 0 Å². The standard InChI is InChI=1S/ClH.Na.2O.Zr/h1H;;;;/q;+1;;-1;+1/p-1. The molecule has 0 aliphatic carbocycles. The van der Waals surface area contributed by atoms with Crippen LogP contribution < -0.4 is 32.7 Å². The molecule has 0 heterocycles. The van der Waals surface area contributed by atoms with E-state index in [9.17, 15) is 0 Å². The summed E-state index contributed by atoms with van der Waals surface area (Å²) >= 11 is -3.57. The molecule has 0 aromatic heterocycles.